The summed E-state index contributed by atoms with van der Waals surface area (Å²) in [7, 11) is 0. The fourth-order valence-corrected chi connectivity index (χ4v) is 2.90. The molecule has 0 fully saturated rings. The minimum atomic E-state index is 0.0404. The van der Waals surface area contributed by atoms with Gasteiger partial charge in [0.2, 0.25) is 5.91 Å². The Hall–Kier alpha value is -1.74. The van der Waals surface area contributed by atoms with Gasteiger partial charge in [-0.3, -0.25) is 4.79 Å². The van der Waals surface area contributed by atoms with Crippen LogP contribution < -0.4 is 5.32 Å². The topological polar surface area (TPSA) is 29.1 Å². The molecular formula is C17H19NOS. The van der Waals surface area contributed by atoms with Crippen LogP contribution in [0.2, 0.25) is 0 Å². The van der Waals surface area contributed by atoms with Gasteiger partial charge in [-0.25, -0.2) is 0 Å². The van der Waals surface area contributed by atoms with E-state index in [4.69, 9.17) is 0 Å². The molecule has 20 heavy (non-hydrogen) atoms. The molecule has 0 aliphatic carbocycles. The van der Waals surface area contributed by atoms with E-state index in [0.717, 1.165) is 10.6 Å². The lowest BCUT2D eigenvalue weighted by Gasteiger charge is -2.11. The number of carbonyl (C=O) groups is 1. The number of amides is 1. The summed E-state index contributed by atoms with van der Waals surface area (Å²) in [6.45, 7) is 6.06. The number of anilines is 1. The molecule has 2 aromatic carbocycles. The fraction of sp³-hybridized carbons (Fsp3) is 0.235. The fourth-order valence-electron chi connectivity index (χ4n) is 1.93. The summed E-state index contributed by atoms with van der Waals surface area (Å²) in [5.41, 5.74) is 3.40. The maximum Gasteiger partial charge on any atom is 0.224 e. The Morgan fingerprint density at radius 3 is 2.55 bits per heavy atom. The molecule has 0 saturated heterocycles. The first kappa shape index (κ1) is 14.7. The molecule has 0 saturated carbocycles. The van der Waals surface area contributed by atoms with Crippen LogP contribution in [0.5, 0.6) is 0 Å². The van der Waals surface area contributed by atoms with Crippen molar-refractivity contribution in [3.8, 4) is 0 Å². The third-order valence-electron chi connectivity index (χ3n) is 3.03. The van der Waals surface area contributed by atoms with Crippen LogP contribution in [-0.4, -0.2) is 5.91 Å². The van der Waals surface area contributed by atoms with Gasteiger partial charge >= 0.3 is 0 Å². The predicted octanol–water partition coefficient (Wildman–Crippen LogP) is 4.80. The maximum absolute atomic E-state index is 11.6. The summed E-state index contributed by atoms with van der Waals surface area (Å²) >= 11 is 1.69. The van der Waals surface area contributed by atoms with Crippen molar-refractivity contribution in [1.29, 1.82) is 0 Å². The molecule has 1 N–H and O–H groups in total. The number of hydrogen-bond donors (Lipinski definition) is 1. The molecule has 104 valence electrons. The van der Waals surface area contributed by atoms with Crippen LogP contribution in [0.4, 0.5) is 5.69 Å². The first-order chi connectivity index (χ1) is 9.60. The molecule has 2 nitrogen and oxygen atoms in total. The number of para-hydroxylation sites is 1. The summed E-state index contributed by atoms with van der Waals surface area (Å²) in [4.78, 5) is 13.9. The van der Waals surface area contributed by atoms with E-state index in [1.807, 2.05) is 31.2 Å². The second-order valence-corrected chi connectivity index (χ2v) is 5.85. The highest BCUT2D eigenvalue weighted by molar-refractivity contribution is 7.99. The van der Waals surface area contributed by atoms with Crippen LogP contribution in [0.3, 0.4) is 0 Å². The molecule has 0 atom stereocenters. The summed E-state index contributed by atoms with van der Waals surface area (Å²) in [6.07, 6.45) is 0.489. The highest BCUT2D eigenvalue weighted by Gasteiger charge is 2.08. The lowest BCUT2D eigenvalue weighted by molar-refractivity contribution is -0.115. The molecule has 0 radical (unpaired) electrons. The van der Waals surface area contributed by atoms with E-state index < -0.39 is 0 Å². The summed E-state index contributed by atoms with van der Waals surface area (Å²) < 4.78 is 0. The van der Waals surface area contributed by atoms with Crippen molar-refractivity contribution in [1.82, 2.24) is 0 Å². The van der Waals surface area contributed by atoms with Crippen molar-refractivity contribution in [2.24, 2.45) is 0 Å². The van der Waals surface area contributed by atoms with E-state index in [9.17, 15) is 4.79 Å². The molecular weight excluding hydrogens is 266 g/mol. The van der Waals surface area contributed by atoms with Gasteiger partial charge in [0.15, 0.2) is 0 Å². The molecule has 2 aromatic rings. The van der Waals surface area contributed by atoms with Crippen LogP contribution in [0.25, 0.3) is 0 Å². The molecule has 0 spiro atoms. The zero-order valence-corrected chi connectivity index (χ0v) is 12.9. The molecule has 3 heteroatoms. The van der Waals surface area contributed by atoms with Gasteiger partial charge in [-0.1, -0.05) is 48.5 Å². The Balaban J connectivity index is 2.26. The second kappa shape index (κ2) is 6.62. The van der Waals surface area contributed by atoms with Gasteiger partial charge in [0.25, 0.3) is 0 Å². The molecule has 2 rings (SSSR count). The average Bonchev–Trinajstić information content (AvgIpc) is 2.43. The summed E-state index contributed by atoms with van der Waals surface area (Å²) in [5.74, 6) is 0.0404. The third-order valence-corrected chi connectivity index (χ3v) is 4.29. The molecule has 0 aliphatic heterocycles. The smallest absolute Gasteiger partial charge is 0.224 e. The molecule has 0 bridgehead atoms. The van der Waals surface area contributed by atoms with Gasteiger partial charge in [-0.05, 0) is 37.6 Å². The van der Waals surface area contributed by atoms with Crippen LogP contribution in [-0.2, 0) is 4.79 Å². The van der Waals surface area contributed by atoms with Crippen LogP contribution >= 0.6 is 11.8 Å². The highest BCUT2D eigenvalue weighted by atomic mass is 32.2. The zero-order chi connectivity index (χ0) is 14.5. The summed E-state index contributed by atoms with van der Waals surface area (Å²) in [6, 6.07) is 14.3. The van der Waals surface area contributed by atoms with Crippen LogP contribution in [0, 0.1) is 13.8 Å². The third kappa shape index (κ3) is 3.64. The Morgan fingerprint density at radius 2 is 1.85 bits per heavy atom. The van der Waals surface area contributed by atoms with Gasteiger partial charge < -0.3 is 5.32 Å². The van der Waals surface area contributed by atoms with E-state index in [2.05, 4.69) is 37.4 Å². The number of benzene rings is 2. The average molecular weight is 285 g/mol. The van der Waals surface area contributed by atoms with E-state index in [-0.39, 0.29) is 5.91 Å². The van der Waals surface area contributed by atoms with Gasteiger partial charge in [-0.2, -0.15) is 0 Å². The largest absolute Gasteiger partial charge is 0.325 e. The number of hydrogen-bond acceptors (Lipinski definition) is 2. The Kier molecular flexibility index (Phi) is 4.85. The minimum Gasteiger partial charge on any atom is -0.325 e. The van der Waals surface area contributed by atoms with Crippen molar-refractivity contribution >= 4 is 23.4 Å². The molecule has 0 unspecified atom stereocenters. The summed E-state index contributed by atoms with van der Waals surface area (Å²) in [5, 5.41) is 2.95. The highest BCUT2D eigenvalue weighted by Crippen LogP contribution is 2.35. The van der Waals surface area contributed by atoms with Gasteiger partial charge in [0.05, 0.1) is 5.69 Å². The molecule has 0 aliphatic rings. The molecule has 0 aromatic heterocycles. The monoisotopic (exact) mass is 285 g/mol. The van der Waals surface area contributed by atoms with Crippen LogP contribution in [0.15, 0.2) is 52.3 Å². The van der Waals surface area contributed by atoms with Gasteiger partial charge in [-0.15, -0.1) is 0 Å². The number of carbonyl (C=O) groups excluding carboxylic acids is 1. The van der Waals surface area contributed by atoms with Gasteiger partial charge in [0.1, 0.15) is 0 Å². The van der Waals surface area contributed by atoms with Crippen molar-refractivity contribution in [2.45, 2.75) is 37.0 Å². The van der Waals surface area contributed by atoms with E-state index in [1.165, 1.54) is 16.0 Å². The Labute approximate surface area is 124 Å². The zero-order valence-electron chi connectivity index (χ0n) is 12.1. The lowest BCUT2D eigenvalue weighted by Crippen LogP contribution is -2.10. The van der Waals surface area contributed by atoms with Crippen molar-refractivity contribution in [3.05, 3.63) is 53.6 Å². The number of aryl methyl sites for hydroxylation is 2. The number of rotatable bonds is 4. The Morgan fingerprint density at radius 1 is 1.10 bits per heavy atom. The van der Waals surface area contributed by atoms with Crippen molar-refractivity contribution < 1.29 is 4.79 Å². The SMILES string of the molecule is CCC(=O)Nc1ccccc1Sc1ccc(C)cc1C. The minimum absolute atomic E-state index is 0.0404. The van der Waals surface area contributed by atoms with Crippen molar-refractivity contribution in [2.75, 3.05) is 5.32 Å². The van der Waals surface area contributed by atoms with Crippen LogP contribution in [0.1, 0.15) is 24.5 Å². The lowest BCUT2D eigenvalue weighted by atomic mass is 10.2. The standard InChI is InChI=1S/C17H19NOS/c1-4-17(19)18-14-7-5-6-8-16(14)20-15-10-9-12(2)11-13(15)3/h5-11H,4H2,1-3H3,(H,18,19). The molecule has 0 heterocycles. The normalized spacial score (nSPS) is 10.3. The Bertz CT molecular complexity index is 622. The molecule has 1 amide bonds. The first-order valence-corrected chi connectivity index (χ1v) is 7.55. The van der Waals surface area contributed by atoms with Crippen molar-refractivity contribution in [3.63, 3.8) is 0 Å². The van der Waals surface area contributed by atoms with E-state index >= 15 is 0 Å². The first-order valence-electron chi connectivity index (χ1n) is 6.74. The maximum atomic E-state index is 11.6. The quantitative estimate of drug-likeness (QED) is 0.874. The van der Waals surface area contributed by atoms with E-state index in [1.54, 1.807) is 11.8 Å². The number of nitrogens with one attached hydrogen (secondary N) is 1. The second-order valence-electron chi connectivity index (χ2n) is 4.77. The van der Waals surface area contributed by atoms with Gasteiger partial charge in [0, 0.05) is 16.2 Å². The predicted molar refractivity (Wildman–Crippen MR) is 85.4 cm³/mol. The van der Waals surface area contributed by atoms with E-state index in [0.29, 0.717) is 6.42 Å².